The van der Waals surface area contributed by atoms with E-state index in [0.717, 1.165) is 42.0 Å². The third kappa shape index (κ3) is 4.23. The number of hydrogen-bond donors (Lipinski definition) is 2. The number of nitrogens with one attached hydrogen (secondary N) is 1. The van der Waals surface area contributed by atoms with Crippen molar-refractivity contribution < 1.29 is 14.3 Å². The molecule has 1 aromatic carbocycles. The van der Waals surface area contributed by atoms with Gasteiger partial charge in [0.1, 0.15) is 11.5 Å². The van der Waals surface area contributed by atoms with E-state index in [1.54, 1.807) is 0 Å². The Kier molecular flexibility index (Phi) is 5.43. The maximum Gasteiger partial charge on any atom is 0.317 e. The molecule has 1 fully saturated rings. The molecule has 134 valence electrons. The van der Waals surface area contributed by atoms with Crippen LogP contribution >= 0.6 is 0 Å². The summed E-state index contributed by atoms with van der Waals surface area (Å²) in [7, 11) is 0. The fraction of sp³-hybridized carbons (Fsp3) is 0.450. The molecule has 0 saturated carbocycles. The van der Waals surface area contributed by atoms with Crippen molar-refractivity contribution in [3.8, 4) is 0 Å². The van der Waals surface area contributed by atoms with Gasteiger partial charge in [-0.15, -0.1) is 0 Å². The van der Waals surface area contributed by atoms with E-state index in [0.29, 0.717) is 13.0 Å². The Labute approximate surface area is 148 Å². The molecule has 1 saturated heterocycles. The van der Waals surface area contributed by atoms with E-state index < -0.39 is 6.10 Å². The molecule has 2 heterocycles. The van der Waals surface area contributed by atoms with Crippen molar-refractivity contribution in [1.82, 2.24) is 10.2 Å². The highest BCUT2D eigenvalue weighted by Crippen LogP contribution is 2.27. The summed E-state index contributed by atoms with van der Waals surface area (Å²) < 4.78 is 5.50. The molecule has 1 aliphatic heterocycles. The first-order chi connectivity index (χ1) is 12.0. The second kappa shape index (κ2) is 7.74. The van der Waals surface area contributed by atoms with Crippen LogP contribution in [0.25, 0.3) is 0 Å². The summed E-state index contributed by atoms with van der Waals surface area (Å²) in [4.78, 5) is 14.4. The lowest BCUT2D eigenvalue weighted by molar-refractivity contribution is 0.126. The van der Waals surface area contributed by atoms with Gasteiger partial charge in [-0.3, -0.25) is 0 Å². The molecule has 1 aliphatic rings. The quantitative estimate of drug-likeness (QED) is 0.871. The molecule has 25 heavy (non-hydrogen) atoms. The van der Waals surface area contributed by atoms with Crippen LogP contribution in [-0.2, 0) is 6.54 Å². The molecule has 1 aromatic heterocycles. The van der Waals surface area contributed by atoms with Gasteiger partial charge in [0.15, 0.2) is 0 Å². The molecular formula is C20H26N2O3. The molecule has 0 radical (unpaired) electrons. The molecule has 2 amide bonds. The topological polar surface area (TPSA) is 65.7 Å². The summed E-state index contributed by atoms with van der Waals surface area (Å²) >= 11 is 0. The lowest BCUT2D eigenvalue weighted by Crippen LogP contribution is -2.43. The van der Waals surface area contributed by atoms with E-state index in [1.807, 2.05) is 55.1 Å². The van der Waals surface area contributed by atoms with E-state index in [-0.39, 0.29) is 12.1 Å². The second-order valence-corrected chi connectivity index (χ2v) is 6.75. The Morgan fingerprint density at radius 1 is 1.36 bits per heavy atom. The van der Waals surface area contributed by atoms with Crippen LogP contribution in [0.3, 0.4) is 0 Å². The Balaban J connectivity index is 1.57. The molecule has 2 unspecified atom stereocenters. The normalized spacial score (nSPS) is 18.4. The number of aliphatic hydroxyl groups excluding tert-OH is 1. The third-order valence-corrected chi connectivity index (χ3v) is 4.89. The number of likely N-dealkylation sites (tertiary alicyclic amines) is 1. The monoisotopic (exact) mass is 342 g/mol. The molecule has 0 aliphatic carbocycles. The average Bonchev–Trinajstić information content (AvgIpc) is 3.19. The van der Waals surface area contributed by atoms with E-state index in [1.165, 1.54) is 0 Å². The van der Waals surface area contributed by atoms with Crippen LogP contribution in [0.5, 0.6) is 0 Å². The molecule has 5 heteroatoms. The van der Waals surface area contributed by atoms with Gasteiger partial charge in [-0.2, -0.15) is 0 Å². The van der Waals surface area contributed by atoms with Gasteiger partial charge < -0.3 is 19.7 Å². The predicted molar refractivity (Wildman–Crippen MR) is 96.2 cm³/mol. The SMILES string of the molecule is Cc1cc(CNC(=O)N2CCCC2CC(O)c2ccccc2)c(C)o1. The van der Waals surface area contributed by atoms with Gasteiger partial charge in [-0.25, -0.2) is 4.79 Å². The van der Waals surface area contributed by atoms with E-state index >= 15 is 0 Å². The minimum Gasteiger partial charge on any atom is -0.466 e. The molecule has 5 nitrogen and oxygen atoms in total. The minimum atomic E-state index is -0.543. The van der Waals surface area contributed by atoms with E-state index in [4.69, 9.17) is 4.42 Å². The van der Waals surface area contributed by atoms with Gasteiger partial charge in [0, 0.05) is 24.7 Å². The number of urea groups is 1. The largest absolute Gasteiger partial charge is 0.466 e. The van der Waals surface area contributed by atoms with Crippen LogP contribution in [0.4, 0.5) is 4.79 Å². The van der Waals surface area contributed by atoms with Crippen LogP contribution < -0.4 is 5.32 Å². The molecule has 2 atom stereocenters. The van der Waals surface area contributed by atoms with Crippen LogP contribution in [0, 0.1) is 13.8 Å². The van der Waals surface area contributed by atoms with Gasteiger partial charge in [0.2, 0.25) is 0 Å². The van der Waals surface area contributed by atoms with Gasteiger partial charge in [-0.05, 0) is 44.7 Å². The molecule has 2 N–H and O–H groups in total. The summed E-state index contributed by atoms with van der Waals surface area (Å²) in [5.41, 5.74) is 1.91. The van der Waals surface area contributed by atoms with Crippen molar-refractivity contribution in [3.63, 3.8) is 0 Å². The number of aryl methyl sites for hydroxylation is 2. The first-order valence-corrected chi connectivity index (χ1v) is 8.88. The lowest BCUT2D eigenvalue weighted by Gasteiger charge is -2.27. The number of benzene rings is 1. The van der Waals surface area contributed by atoms with Crippen LogP contribution in [0.15, 0.2) is 40.8 Å². The maximum atomic E-state index is 12.6. The molecule has 3 rings (SSSR count). The van der Waals surface area contributed by atoms with Gasteiger partial charge in [0.25, 0.3) is 0 Å². The first-order valence-electron chi connectivity index (χ1n) is 8.88. The summed E-state index contributed by atoms with van der Waals surface area (Å²) in [6, 6.07) is 11.6. The standard InChI is InChI=1S/C20H26N2O3/c1-14-11-17(15(2)25-14)13-21-20(24)22-10-6-9-18(22)12-19(23)16-7-4-3-5-8-16/h3-5,7-8,11,18-19,23H,6,9-10,12-13H2,1-2H3,(H,21,24). The zero-order valence-electron chi connectivity index (χ0n) is 14.9. The number of carbonyl (C=O) groups excluding carboxylic acids is 1. The molecule has 2 aromatic rings. The van der Waals surface area contributed by atoms with E-state index in [9.17, 15) is 9.90 Å². The highest BCUT2D eigenvalue weighted by molar-refractivity contribution is 5.74. The Morgan fingerprint density at radius 2 is 2.12 bits per heavy atom. The van der Waals surface area contributed by atoms with Crippen molar-refractivity contribution in [2.75, 3.05) is 6.54 Å². The van der Waals surface area contributed by atoms with Crippen molar-refractivity contribution >= 4 is 6.03 Å². The van der Waals surface area contributed by atoms with Crippen molar-refractivity contribution in [2.45, 2.75) is 51.8 Å². The Bertz CT molecular complexity index is 711. The summed E-state index contributed by atoms with van der Waals surface area (Å²) in [6.45, 7) is 5.01. The Morgan fingerprint density at radius 3 is 2.80 bits per heavy atom. The van der Waals surface area contributed by atoms with Crippen LogP contribution in [-0.4, -0.2) is 28.6 Å². The number of hydrogen-bond acceptors (Lipinski definition) is 3. The number of aliphatic hydroxyl groups is 1. The average molecular weight is 342 g/mol. The summed E-state index contributed by atoms with van der Waals surface area (Å²) in [5, 5.41) is 13.4. The molecule has 0 bridgehead atoms. The zero-order chi connectivity index (χ0) is 17.8. The van der Waals surface area contributed by atoms with Crippen molar-refractivity contribution in [3.05, 3.63) is 59.0 Å². The summed E-state index contributed by atoms with van der Waals surface area (Å²) in [5.74, 6) is 1.70. The Hall–Kier alpha value is -2.27. The highest BCUT2D eigenvalue weighted by atomic mass is 16.3. The number of carbonyl (C=O) groups is 1. The number of rotatable bonds is 5. The molecular weight excluding hydrogens is 316 g/mol. The summed E-state index contributed by atoms with van der Waals surface area (Å²) in [6.07, 6.45) is 1.93. The molecule has 0 spiro atoms. The third-order valence-electron chi connectivity index (χ3n) is 4.89. The number of furan rings is 1. The smallest absolute Gasteiger partial charge is 0.317 e. The van der Waals surface area contributed by atoms with E-state index in [2.05, 4.69) is 5.32 Å². The number of amides is 2. The van der Waals surface area contributed by atoms with Crippen LogP contribution in [0.1, 0.15) is 48.0 Å². The first kappa shape index (κ1) is 17.5. The maximum absolute atomic E-state index is 12.6. The zero-order valence-corrected chi connectivity index (χ0v) is 14.9. The predicted octanol–water partition coefficient (Wildman–Crippen LogP) is 3.69. The fourth-order valence-corrected chi connectivity index (χ4v) is 3.55. The van der Waals surface area contributed by atoms with Crippen molar-refractivity contribution in [1.29, 1.82) is 0 Å². The number of nitrogens with zero attached hydrogens (tertiary/aromatic N) is 1. The van der Waals surface area contributed by atoms with Crippen LogP contribution in [0.2, 0.25) is 0 Å². The van der Waals surface area contributed by atoms with Crippen molar-refractivity contribution in [2.24, 2.45) is 0 Å². The highest BCUT2D eigenvalue weighted by Gasteiger charge is 2.30. The second-order valence-electron chi connectivity index (χ2n) is 6.75. The van der Waals surface area contributed by atoms with Gasteiger partial charge >= 0.3 is 6.03 Å². The van der Waals surface area contributed by atoms with Gasteiger partial charge in [0.05, 0.1) is 6.10 Å². The fourth-order valence-electron chi connectivity index (χ4n) is 3.55. The lowest BCUT2D eigenvalue weighted by atomic mass is 10.0. The van der Waals surface area contributed by atoms with Gasteiger partial charge in [-0.1, -0.05) is 30.3 Å². The minimum absolute atomic E-state index is 0.0685.